The van der Waals surface area contributed by atoms with Crippen molar-refractivity contribution in [3.63, 3.8) is 0 Å². The Hall–Kier alpha value is -4.17. The van der Waals surface area contributed by atoms with E-state index in [1.165, 1.54) is 22.5 Å². The van der Waals surface area contributed by atoms with E-state index in [2.05, 4.69) is 37.1 Å². The van der Waals surface area contributed by atoms with E-state index in [1.54, 1.807) is 21.8 Å². The van der Waals surface area contributed by atoms with Gasteiger partial charge in [-0.25, -0.2) is 14.4 Å². The van der Waals surface area contributed by atoms with E-state index in [4.69, 9.17) is 9.41 Å². The highest BCUT2D eigenvalue weighted by Crippen LogP contribution is 2.24. The first kappa shape index (κ1) is 22.6. The van der Waals surface area contributed by atoms with Crippen LogP contribution in [0.25, 0.3) is 16.9 Å². The molecule has 3 aromatic heterocycles. The van der Waals surface area contributed by atoms with Gasteiger partial charge < -0.3 is 4.42 Å². The van der Waals surface area contributed by atoms with Crippen LogP contribution in [0, 0.1) is 20.8 Å². The molecule has 0 radical (unpaired) electrons. The molecule has 176 valence electrons. The Labute approximate surface area is 206 Å². The molecule has 0 unspecified atom stereocenters. The van der Waals surface area contributed by atoms with Gasteiger partial charge in [-0.3, -0.25) is 9.48 Å². The first-order valence-corrected chi connectivity index (χ1v) is 12.1. The van der Waals surface area contributed by atoms with E-state index in [9.17, 15) is 4.79 Å². The van der Waals surface area contributed by atoms with Crippen LogP contribution in [0.4, 0.5) is 5.69 Å². The van der Waals surface area contributed by atoms with E-state index >= 15 is 0 Å². The smallest absolute Gasteiger partial charge is 0.297 e. The van der Waals surface area contributed by atoms with Gasteiger partial charge in [-0.1, -0.05) is 30.3 Å². The lowest BCUT2D eigenvalue weighted by atomic mass is 10.1. The Morgan fingerprint density at radius 2 is 1.77 bits per heavy atom. The zero-order valence-corrected chi connectivity index (χ0v) is 20.8. The zero-order valence-electron chi connectivity index (χ0n) is 20.0. The average Bonchev–Trinajstić information content (AvgIpc) is 3.57. The fraction of sp³-hybridized carbons (Fsp3) is 0.148. The molecule has 5 aromatic rings. The lowest BCUT2D eigenvalue weighted by Crippen LogP contribution is -2.19. The summed E-state index contributed by atoms with van der Waals surface area (Å²) in [4.78, 5) is 18.8. The molecule has 0 bridgehead atoms. The van der Waals surface area contributed by atoms with E-state index in [1.807, 2.05) is 66.5 Å². The summed E-state index contributed by atoms with van der Waals surface area (Å²) in [5.41, 5.74) is 6.08. The van der Waals surface area contributed by atoms with E-state index in [0.717, 1.165) is 22.6 Å². The molecule has 0 saturated heterocycles. The van der Waals surface area contributed by atoms with Gasteiger partial charge in [0.1, 0.15) is 5.76 Å². The third kappa shape index (κ3) is 4.24. The largest absolute Gasteiger partial charge is 0.463 e. The summed E-state index contributed by atoms with van der Waals surface area (Å²) < 4.78 is 10.6. The van der Waals surface area contributed by atoms with Crippen molar-refractivity contribution < 1.29 is 4.42 Å². The van der Waals surface area contributed by atoms with Gasteiger partial charge in [0.15, 0.2) is 5.69 Å². The quantitative estimate of drug-likeness (QED) is 0.317. The molecule has 0 aliphatic rings. The number of para-hydroxylation sites is 1. The van der Waals surface area contributed by atoms with Crippen LogP contribution in [-0.2, 0) is 7.05 Å². The van der Waals surface area contributed by atoms with Crippen molar-refractivity contribution in [3.05, 3.63) is 110 Å². The molecule has 0 fully saturated rings. The monoisotopic (exact) mass is 483 g/mol. The van der Waals surface area contributed by atoms with Gasteiger partial charge in [0.25, 0.3) is 5.56 Å². The van der Waals surface area contributed by atoms with Crippen LogP contribution in [0.1, 0.15) is 22.6 Å². The number of hydrogen-bond acceptors (Lipinski definition) is 5. The molecule has 0 atom stereocenters. The first-order chi connectivity index (χ1) is 16.9. The topological polar surface area (TPSA) is 69.7 Å². The summed E-state index contributed by atoms with van der Waals surface area (Å²) in [5, 5.41) is 6.69. The highest BCUT2D eigenvalue weighted by Gasteiger charge is 2.17. The molecule has 0 aliphatic carbocycles. The standard InChI is InChI=1S/C27H25N5O2S/c1-18-12-13-21(15-19(18)2)24-17-35-27(31(24)28-16-23-11-8-14-34-23)29-25-20(3)30(4)32(26(25)33)22-9-6-5-7-10-22/h5-17H,1-4H3. The van der Waals surface area contributed by atoms with Crippen molar-refractivity contribution in [1.82, 2.24) is 14.0 Å². The van der Waals surface area contributed by atoms with Gasteiger partial charge in [-0.05, 0) is 62.2 Å². The molecular formula is C27H25N5O2S. The summed E-state index contributed by atoms with van der Waals surface area (Å²) in [5.74, 6) is 0.628. The number of thiazole rings is 1. The van der Waals surface area contributed by atoms with Crippen molar-refractivity contribution in [2.75, 3.05) is 0 Å². The maximum Gasteiger partial charge on any atom is 0.297 e. The van der Waals surface area contributed by atoms with Gasteiger partial charge in [0, 0.05) is 18.0 Å². The molecule has 8 heteroatoms. The minimum Gasteiger partial charge on any atom is -0.463 e. The summed E-state index contributed by atoms with van der Waals surface area (Å²) in [6.45, 7) is 6.08. The van der Waals surface area contributed by atoms with Gasteiger partial charge in [0.2, 0.25) is 4.80 Å². The van der Waals surface area contributed by atoms with Gasteiger partial charge in [-0.2, -0.15) is 5.10 Å². The Balaban J connectivity index is 1.71. The molecule has 2 aromatic carbocycles. The molecule has 0 N–H and O–H groups in total. The third-order valence-electron chi connectivity index (χ3n) is 6.06. The minimum atomic E-state index is -0.182. The second-order valence-corrected chi connectivity index (χ2v) is 9.13. The van der Waals surface area contributed by atoms with Crippen LogP contribution in [0.3, 0.4) is 0 Å². The Morgan fingerprint density at radius 1 is 0.971 bits per heavy atom. The zero-order chi connectivity index (χ0) is 24.5. The van der Waals surface area contributed by atoms with Crippen LogP contribution in [0.15, 0.2) is 91.6 Å². The maximum absolute atomic E-state index is 13.4. The third-order valence-corrected chi connectivity index (χ3v) is 6.88. The highest BCUT2D eigenvalue weighted by molar-refractivity contribution is 7.07. The minimum absolute atomic E-state index is 0.182. The molecule has 0 spiro atoms. The molecule has 5 rings (SSSR count). The molecule has 35 heavy (non-hydrogen) atoms. The van der Waals surface area contributed by atoms with Gasteiger partial charge in [-0.15, -0.1) is 11.3 Å². The summed E-state index contributed by atoms with van der Waals surface area (Å²) in [7, 11) is 1.86. The van der Waals surface area contributed by atoms with Crippen molar-refractivity contribution in [1.29, 1.82) is 0 Å². The second kappa shape index (κ2) is 9.23. The number of furan rings is 1. The van der Waals surface area contributed by atoms with Gasteiger partial charge >= 0.3 is 0 Å². The predicted molar refractivity (Wildman–Crippen MR) is 140 cm³/mol. The van der Waals surface area contributed by atoms with Crippen LogP contribution in [-0.4, -0.2) is 20.3 Å². The predicted octanol–water partition coefficient (Wildman–Crippen LogP) is 5.34. The maximum atomic E-state index is 13.4. The fourth-order valence-corrected chi connectivity index (χ4v) is 4.69. The number of aromatic nitrogens is 3. The summed E-state index contributed by atoms with van der Waals surface area (Å²) in [6, 6.07) is 19.5. The number of rotatable bonds is 5. The lowest BCUT2D eigenvalue weighted by Gasteiger charge is -2.07. The molecule has 0 saturated carbocycles. The van der Waals surface area contributed by atoms with Crippen molar-refractivity contribution in [2.45, 2.75) is 20.8 Å². The van der Waals surface area contributed by atoms with Crippen LogP contribution >= 0.6 is 11.3 Å². The van der Waals surface area contributed by atoms with E-state index in [0.29, 0.717) is 16.2 Å². The van der Waals surface area contributed by atoms with E-state index < -0.39 is 0 Å². The normalized spacial score (nSPS) is 12.2. The second-order valence-electron chi connectivity index (χ2n) is 8.30. The first-order valence-electron chi connectivity index (χ1n) is 11.2. The Kier molecular flexibility index (Phi) is 5.96. The summed E-state index contributed by atoms with van der Waals surface area (Å²) >= 11 is 1.44. The number of hydrogen-bond donors (Lipinski definition) is 0. The molecule has 7 nitrogen and oxygen atoms in total. The van der Waals surface area contributed by atoms with E-state index in [-0.39, 0.29) is 5.56 Å². The SMILES string of the molecule is Cc1ccc(-c2csc(=Nc3c(C)n(C)n(-c4ccccc4)c3=O)n2N=Cc2ccco2)cc1C. The van der Waals surface area contributed by atoms with Crippen LogP contribution < -0.4 is 10.4 Å². The number of aryl methyl sites for hydroxylation is 2. The lowest BCUT2D eigenvalue weighted by molar-refractivity contribution is 0.559. The number of nitrogens with zero attached hydrogens (tertiary/aromatic N) is 5. The number of benzene rings is 2. The van der Waals surface area contributed by atoms with Crippen molar-refractivity contribution >= 4 is 23.2 Å². The molecule has 3 heterocycles. The highest BCUT2D eigenvalue weighted by atomic mass is 32.1. The summed E-state index contributed by atoms with van der Waals surface area (Å²) in [6.07, 6.45) is 3.25. The van der Waals surface area contributed by atoms with Gasteiger partial charge in [0.05, 0.1) is 29.6 Å². The average molecular weight is 484 g/mol. The fourth-order valence-electron chi connectivity index (χ4n) is 3.85. The molecule has 0 amide bonds. The van der Waals surface area contributed by atoms with Crippen molar-refractivity contribution in [2.24, 2.45) is 17.1 Å². The van der Waals surface area contributed by atoms with Crippen LogP contribution in [0.5, 0.6) is 0 Å². The molecule has 0 aliphatic heterocycles. The molecular weight excluding hydrogens is 458 g/mol. The Bertz CT molecular complexity index is 1650. The Morgan fingerprint density at radius 3 is 2.49 bits per heavy atom. The van der Waals surface area contributed by atoms with Crippen LogP contribution in [0.2, 0.25) is 0 Å². The van der Waals surface area contributed by atoms with Crippen molar-refractivity contribution in [3.8, 4) is 16.9 Å².